The molecule has 0 fully saturated rings. The van der Waals surface area contributed by atoms with Gasteiger partial charge in [-0.1, -0.05) is 24.5 Å². The maximum Gasteiger partial charge on any atom is 0.303 e. The van der Waals surface area contributed by atoms with Crippen LogP contribution in [0.5, 0.6) is 0 Å². The molecule has 0 saturated carbocycles. The van der Waals surface area contributed by atoms with Crippen molar-refractivity contribution in [2.45, 2.75) is 39.0 Å². The van der Waals surface area contributed by atoms with Gasteiger partial charge in [0.15, 0.2) is 0 Å². The monoisotopic (exact) mass is 389 g/mol. The first kappa shape index (κ1) is 16.9. The van der Waals surface area contributed by atoms with Gasteiger partial charge in [-0.05, 0) is 54.5 Å². The number of rotatable bonds is 8. The third-order valence-electron chi connectivity index (χ3n) is 2.97. The summed E-state index contributed by atoms with van der Waals surface area (Å²) in [7, 11) is 0. The van der Waals surface area contributed by atoms with Gasteiger partial charge in [0.25, 0.3) is 5.91 Å². The number of hydrogen-bond donors (Lipinski definition) is 2. The molecule has 0 saturated heterocycles. The predicted octanol–water partition coefficient (Wildman–Crippen LogP) is 3.36. The summed E-state index contributed by atoms with van der Waals surface area (Å²) in [6.45, 7) is 2.60. The summed E-state index contributed by atoms with van der Waals surface area (Å²) in [4.78, 5) is 22.3. The second-order valence-corrected chi connectivity index (χ2v) is 5.96. The van der Waals surface area contributed by atoms with Crippen LogP contribution in [0.25, 0.3) is 0 Å². The van der Waals surface area contributed by atoms with Crippen molar-refractivity contribution >= 4 is 34.5 Å². The summed E-state index contributed by atoms with van der Waals surface area (Å²) in [5.41, 5.74) is 1.79. The molecule has 20 heavy (non-hydrogen) atoms. The Labute approximate surface area is 133 Å². The lowest BCUT2D eigenvalue weighted by molar-refractivity contribution is -0.137. The molecule has 0 unspecified atom stereocenters. The highest BCUT2D eigenvalue weighted by Crippen LogP contribution is 2.14. The Morgan fingerprint density at radius 3 is 2.60 bits per heavy atom. The number of carboxylic acids is 1. The van der Waals surface area contributed by atoms with Crippen LogP contribution in [0.15, 0.2) is 18.2 Å². The average molecular weight is 389 g/mol. The van der Waals surface area contributed by atoms with E-state index in [2.05, 4.69) is 27.9 Å². The van der Waals surface area contributed by atoms with E-state index >= 15 is 0 Å². The fourth-order valence-electron chi connectivity index (χ4n) is 1.87. The second kappa shape index (κ2) is 8.94. The summed E-state index contributed by atoms with van der Waals surface area (Å²) in [6, 6.07) is 5.82. The smallest absolute Gasteiger partial charge is 0.303 e. The van der Waals surface area contributed by atoms with Crippen LogP contribution >= 0.6 is 22.6 Å². The maximum atomic E-state index is 12.0. The third-order valence-corrected chi connectivity index (χ3v) is 3.91. The van der Waals surface area contributed by atoms with Gasteiger partial charge in [-0.15, -0.1) is 0 Å². The van der Waals surface area contributed by atoms with Gasteiger partial charge in [-0.2, -0.15) is 0 Å². The minimum atomic E-state index is -0.743. The van der Waals surface area contributed by atoms with E-state index in [1.165, 1.54) is 0 Å². The van der Waals surface area contributed by atoms with Crippen molar-refractivity contribution in [2.24, 2.45) is 0 Å². The van der Waals surface area contributed by atoms with Crippen molar-refractivity contribution in [3.63, 3.8) is 0 Å². The second-order valence-electron chi connectivity index (χ2n) is 4.80. The number of carbonyl (C=O) groups excluding carboxylic acids is 1. The van der Waals surface area contributed by atoms with Gasteiger partial charge in [0.2, 0.25) is 0 Å². The van der Waals surface area contributed by atoms with Crippen LogP contribution in [0.1, 0.15) is 48.0 Å². The number of aliphatic carboxylic acids is 1. The molecule has 1 aromatic rings. The molecule has 0 aliphatic carbocycles. The van der Waals surface area contributed by atoms with Crippen molar-refractivity contribution < 1.29 is 14.7 Å². The molecule has 0 radical (unpaired) electrons. The molecule has 1 rings (SSSR count). The van der Waals surface area contributed by atoms with Crippen LogP contribution in [0.4, 0.5) is 0 Å². The van der Waals surface area contributed by atoms with Crippen LogP contribution in [0, 0.1) is 10.5 Å². The van der Waals surface area contributed by atoms with E-state index in [0.717, 1.165) is 34.0 Å². The van der Waals surface area contributed by atoms with Gasteiger partial charge >= 0.3 is 5.97 Å². The molecule has 0 aliphatic rings. The number of nitrogens with one attached hydrogen (secondary N) is 1. The molecule has 0 spiro atoms. The molecule has 1 amide bonds. The standard InChI is InChI=1S/C15H20INO3/c1-11-7-8-13(16)12(10-11)15(20)17-9-5-3-2-4-6-14(18)19/h7-8,10H,2-6,9H2,1H3,(H,17,20)(H,18,19). The molecule has 2 N–H and O–H groups in total. The van der Waals surface area contributed by atoms with Crippen LogP contribution in [-0.4, -0.2) is 23.5 Å². The van der Waals surface area contributed by atoms with E-state index in [1.807, 2.05) is 25.1 Å². The molecule has 110 valence electrons. The van der Waals surface area contributed by atoms with Gasteiger partial charge in [-0.3, -0.25) is 9.59 Å². The first-order chi connectivity index (χ1) is 9.50. The number of aryl methyl sites for hydroxylation is 1. The molecule has 0 aromatic heterocycles. The van der Waals surface area contributed by atoms with E-state index in [4.69, 9.17) is 5.11 Å². The quantitative estimate of drug-likeness (QED) is 0.529. The molecule has 0 atom stereocenters. The number of amides is 1. The van der Waals surface area contributed by atoms with Crippen LogP contribution in [0.3, 0.4) is 0 Å². The minimum Gasteiger partial charge on any atom is -0.481 e. The zero-order valence-corrected chi connectivity index (χ0v) is 13.8. The zero-order valence-electron chi connectivity index (χ0n) is 11.6. The zero-order chi connectivity index (χ0) is 15.0. The third kappa shape index (κ3) is 6.36. The highest BCUT2D eigenvalue weighted by molar-refractivity contribution is 14.1. The Morgan fingerprint density at radius 2 is 1.90 bits per heavy atom. The molecule has 0 aliphatic heterocycles. The Bertz CT molecular complexity index is 474. The fourth-order valence-corrected chi connectivity index (χ4v) is 2.45. The van der Waals surface area contributed by atoms with Crippen molar-refractivity contribution in [3.05, 3.63) is 32.9 Å². The Kier molecular flexibility index (Phi) is 7.58. The Morgan fingerprint density at radius 1 is 1.20 bits per heavy atom. The number of carboxylic acid groups (broad SMARTS) is 1. The number of carbonyl (C=O) groups is 2. The molecule has 5 heteroatoms. The van der Waals surface area contributed by atoms with Gasteiger partial charge in [0.1, 0.15) is 0 Å². The number of unbranched alkanes of at least 4 members (excludes halogenated alkanes) is 3. The van der Waals surface area contributed by atoms with Crippen molar-refractivity contribution in [2.75, 3.05) is 6.54 Å². The van der Waals surface area contributed by atoms with Gasteiger partial charge in [0.05, 0.1) is 5.56 Å². The van der Waals surface area contributed by atoms with Crippen LogP contribution < -0.4 is 5.32 Å². The molecular weight excluding hydrogens is 369 g/mol. The van der Waals surface area contributed by atoms with Gasteiger partial charge in [0, 0.05) is 16.5 Å². The average Bonchev–Trinajstić information content (AvgIpc) is 2.39. The molecular formula is C15H20INO3. The van der Waals surface area contributed by atoms with E-state index < -0.39 is 5.97 Å². The molecule has 1 aromatic carbocycles. The highest BCUT2D eigenvalue weighted by Gasteiger charge is 2.09. The Balaban J connectivity index is 2.23. The van der Waals surface area contributed by atoms with Crippen molar-refractivity contribution in [1.82, 2.24) is 5.32 Å². The van der Waals surface area contributed by atoms with Gasteiger partial charge < -0.3 is 10.4 Å². The van der Waals surface area contributed by atoms with E-state index in [1.54, 1.807) is 0 Å². The van der Waals surface area contributed by atoms with E-state index in [0.29, 0.717) is 13.0 Å². The summed E-state index contributed by atoms with van der Waals surface area (Å²) >= 11 is 2.16. The maximum absolute atomic E-state index is 12.0. The fraction of sp³-hybridized carbons (Fsp3) is 0.467. The Hall–Kier alpha value is -1.11. The summed E-state index contributed by atoms with van der Waals surface area (Å²) < 4.78 is 0.951. The highest BCUT2D eigenvalue weighted by atomic mass is 127. The predicted molar refractivity (Wildman–Crippen MR) is 87.0 cm³/mol. The molecule has 0 heterocycles. The molecule has 4 nitrogen and oxygen atoms in total. The van der Waals surface area contributed by atoms with E-state index in [9.17, 15) is 9.59 Å². The SMILES string of the molecule is Cc1ccc(I)c(C(=O)NCCCCCCC(=O)O)c1. The van der Waals surface area contributed by atoms with Gasteiger partial charge in [-0.25, -0.2) is 0 Å². The topological polar surface area (TPSA) is 66.4 Å². The summed E-state index contributed by atoms with van der Waals surface area (Å²) in [5, 5.41) is 11.4. The largest absolute Gasteiger partial charge is 0.481 e. The molecule has 0 bridgehead atoms. The summed E-state index contributed by atoms with van der Waals surface area (Å²) in [6.07, 6.45) is 3.66. The first-order valence-corrected chi connectivity index (χ1v) is 7.84. The van der Waals surface area contributed by atoms with Crippen molar-refractivity contribution in [1.29, 1.82) is 0 Å². The first-order valence-electron chi connectivity index (χ1n) is 6.77. The summed E-state index contributed by atoms with van der Waals surface area (Å²) in [5.74, 6) is -0.782. The number of benzene rings is 1. The van der Waals surface area contributed by atoms with Crippen LogP contribution in [-0.2, 0) is 4.79 Å². The number of halogens is 1. The lowest BCUT2D eigenvalue weighted by Crippen LogP contribution is -2.25. The van der Waals surface area contributed by atoms with Crippen LogP contribution in [0.2, 0.25) is 0 Å². The number of hydrogen-bond acceptors (Lipinski definition) is 2. The minimum absolute atomic E-state index is 0.0383. The lowest BCUT2D eigenvalue weighted by atomic mass is 10.1. The van der Waals surface area contributed by atoms with E-state index in [-0.39, 0.29) is 12.3 Å². The lowest BCUT2D eigenvalue weighted by Gasteiger charge is -2.07. The normalized spacial score (nSPS) is 10.3. The van der Waals surface area contributed by atoms with Crippen molar-refractivity contribution in [3.8, 4) is 0 Å².